The number of hydrogen-bond donors (Lipinski definition) is 2. The average Bonchev–Trinajstić information content (AvgIpc) is 2.37. The number of likely N-dealkylation sites (tertiary alicyclic amines) is 1. The standard InChI is InChI=1S/C14H19F3N2/c1-19-8-6-13(7-9-19)18-10-11-2-4-12(5-3-11)14(15,16)17/h2-5,13,18H,6-10H2,1H3/p+2. The quantitative estimate of drug-likeness (QED) is 0.798. The summed E-state index contributed by atoms with van der Waals surface area (Å²) in [6.07, 6.45) is -1.86. The molecule has 0 aromatic heterocycles. The molecular weight excluding hydrogens is 253 g/mol. The molecule has 2 rings (SSSR count). The molecule has 106 valence electrons. The second-order valence-electron chi connectivity index (χ2n) is 5.43. The lowest BCUT2D eigenvalue weighted by molar-refractivity contribution is -0.894. The lowest BCUT2D eigenvalue weighted by atomic mass is 10.0. The van der Waals surface area contributed by atoms with Gasteiger partial charge in [0.2, 0.25) is 0 Å². The van der Waals surface area contributed by atoms with Crippen LogP contribution in [0.3, 0.4) is 0 Å². The van der Waals surface area contributed by atoms with E-state index in [1.54, 1.807) is 17.0 Å². The van der Waals surface area contributed by atoms with Gasteiger partial charge in [0.15, 0.2) is 0 Å². The second-order valence-corrected chi connectivity index (χ2v) is 5.43. The smallest absolute Gasteiger partial charge is 0.340 e. The van der Waals surface area contributed by atoms with E-state index in [1.807, 2.05) is 0 Å². The Balaban J connectivity index is 1.83. The van der Waals surface area contributed by atoms with Crippen molar-refractivity contribution in [2.75, 3.05) is 20.1 Å². The van der Waals surface area contributed by atoms with Crippen LogP contribution < -0.4 is 10.2 Å². The number of alkyl halides is 3. The zero-order valence-corrected chi connectivity index (χ0v) is 11.1. The van der Waals surface area contributed by atoms with Crippen molar-refractivity contribution in [3.63, 3.8) is 0 Å². The fourth-order valence-electron chi connectivity index (χ4n) is 2.50. The normalized spacial score (nSPS) is 24.4. The predicted molar refractivity (Wildman–Crippen MR) is 66.7 cm³/mol. The highest BCUT2D eigenvalue weighted by atomic mass is 19.4. The van der Waals surface area contributed by atoms with Gasteiger partial charge in [-0.05, 0) is 12.1 Å². The van der Waals surface area contributed by atoms with Crippen LogP contribution in [0.5, 0.6) is 0 Å². The minimum absolute atomic E-state index is 0.570. The SMILES string of the molecule is C[NH+]1CCC([NH2+]Cc2ccc(C(F)(F)F)cc2)CC1. The van der Waals surface area contributed by atoms with Crippen molar-refractivity contribution in [1.82, 2.24) is 0 Å². The van der Waals surface area contributed by atoms with E-state index in [1.165, 1.54) is 38.1 Å². The molecule has 0 aliphatic carbocycles. The van der Waals surface area contributed by atoms with Crippen LogP contribution in [0.25, 0.3) is 0 Å². The van der Waals surface area contributed by atoms with Gasteiger partial charge in [-0.1, -0.05) is 12.1 Å². The van der Waals surface area contributed by atoms with Crippen LogP contribution in [0.15, 0.2) is 24.3 Å². The predicted octanol–water partition coefficient (Wildman–Crippen LogP) is 0.446. The van der Waals surface area contributed by atoms with Gasteiger partial charge in [-0.25, -0.2) is 0 Å². The highest BCUT2D eigenvalue weighted by Gasteiger charge is 2.30. The van der Waals surface area contributed by atoms with Crippen LogP contribution in [0.1, 0.15) is 24.0 Å². The minimum Gasteiger partial charge on any atom is -0.340 e. The molecule has 0 amide bonds. The summed E-state index contributed by atoms with van der Waals surface area (Å²) in [6.45, 7) is 3.14. The molecule has 19 heavy (non-hydrogen) atoms. The number of benzene rings is 1. The molecule has 5 heteroatoms. The Morgan fingerprint density at radius 2 is 1.74 bits per heavy atom. The van der Waals surface area contributed by atoms with Gasteiger partial charge in [0.05, 0.1) is 31.7 Å². The summed E-state index contributed by atoms with van der Waals surface area (Å²) < 4.78 is 37.3. The van der Waals surface area contributed by atoms with Crippen molar-refractivity contribution in [3.8, 4) is 0 Å². The van der Waals surface area contributed by atoms with Gasteiger partial charge in [-0.2, -0.15) is 13.2 Å². The number of piperidine rings is 1. The van der Waals surface area contributed by atoms with Gasteiger partial charge in [0.25, 0.3) is 0 Å². The molecule has 1 aliphatic rings. The zero-order valence-electron chi connectivity index (χ0n) is 11.1. The van der Waals surface area contributed by atoms with Crippen molar-refractivity contribution >= 4 is 0 Å². The summed E-state index contributed by atoms with van der Waals surface area (Å²) >= 11 is 0. The van der Waals surface area contributed by atoms with Crippen LogP contribution in [0, 0.1) is 0 Å². The lowest BCUT2D eigenvalue weighted by Gasteiger charge is -2.24. The van der Waals surface area contributed by atoms with Crippen LogP contribution in [0.4, 0.5) is 13.2 Å². The number of rotatable bonds is 3. The highest BCUT2D eigenvalue weighted by Crippen LogP contribution is 2.28. The van der Waals surface area contributed by atoms with Crippen molar-refractivity contribution in [1.29, 1.82) is 0 Å². The molecule has 0 unspecified atom stereocenters. The molecule has 1 saturated heterocycles. The van der Waals surface area contributed by atoms with Crippen molar-refractivity contribution in [3.05, 3.63) is 35.4 Å². The monoisotopic (exact) mass is 274 g/mol. The van der Waals surface area contributed by atoms with Gasteiger partial charge in [-0.3, -0.25) is 0 Å². The van der Waals surface area contributed by atoms with E-state index in [0.717, 1.165) is 12.1 Å². The molecule has 2 nitrogen and oxygen atoms in total. The maximum Gasteiger partial charge on any atom is 0.416 e. The largest absolute Gasteiger partial charge is 0.416 e. The van der Waals surface area contributed by atoms with Crippen LogP contribution in [-0.2, 0) is 12.7 Å². The molecule has 0 saturated carbocycles. The summed E-state index contributed by atoms with van der Waals surface area (Å²) in [4.78, 5) is 1.57. The summed E-state index contributed by atoms with van der Waals surface area (Å²) in [7, 11) is 2.20. The molecule has 3 N–H and O–H groups in total. The fraction of sp³-hybridized carbons (Fsp3) is 0.571. The van der Waals surface area contributed by atoms with E-state index >= 15 is 0 Å². The summed E-state index contributed by atoms with van der Waals surface area (Å²) in [5, 5.41) is 2.26. The third kappa shape index (κ3) is 4.21. The molecular formula is C14H21F3N2+2. The number of halogens is 3. The third-order valence-corrected chi connectivity index (χ3v) is 3.85. The van der Waals surface area contributed by atoms with Gasteiger partial charge in [0.1, 0.15) is 6.54 Å². The Bertz CT molecular complexity index is 392. The molecule has 0 radical (unpaired) electrons. The van der Waals surface area contributed by atoms with Crippen molar-refractivity contribution in [2.45, 2.75) is 31.6 Å². The molecule has 1 heterocycles. The zero-order chi connectivity index (χ0) is 13.9. The first-order valence-electron chi connectivity index (χ1n) is 6.76. The van der Waals surface area contributed by atoms with Crippen molar-refractivity contribution < 1.29 is 23.4 Å². The molecule has 1 aromatic carbocycles. The first-order chi connectivity index (χ1) is 8.95. The Morgan fingerprint density at radius 3 is 2.26 bits per heavy atom. The lowest BCUT2D eigenvalue weighted by Crippen LogP contribution is -3.12. The Hall–Kier alpha value is -1.07. The van der Waals surface area contributed by atoms with E-state index in [2.05, 4.69) is 12.4 Å². The van der Waals surface area contributed by atoms with Crippen LogP contribution >= 0.6 is 0 Å². The maximum atomic E-state index is 12.4. The average molecular weight is 274 g/mol. The van der Waals surface area contributed by atoms with Crippen molar-refractivity contribution in [2.24, 2.45) is 0 Å². The molecule has 1 fully saturated rings. The van der Waals surface area contributed by atoms with E-state index in [4.69, 9.17) is 0 Å². The molecule has 0 bridgehead atoms. The molecule has 0 atom stereocenters. The second kappa shape index (κ2) is 5.92. The van der Waals surface area contributed by atoms with E-state index in [9.17, 15) is 13.2 Å². The first kappa shape index (κ1) is 14.3. The Labute approximate surface area is 111 Å². The fourth-order valence-corrected chi connectivity index (χ4v) is 2.50. The Kier molecular flexibility index (Phi) is 4.47. The molecule has 1 aliphatic heterocycles. The number of nitrogens with one attached hydrogen (secondary N) is 1. The van der Waals surface area contributed by atoms with Crippen LogP contribution in [0.2, 0.25) is 0 Å². The maximum absolute atomic E-state index is 12.4. The first-order valence-corrected chi connectivity index (χ1v) is 6.76. The number of quaternary nitrogens is 2. The third-order valence-electron chi connectivity index (χ3n) is 3.85. The van der Waals surface area contributed by atoms with Gasteiger partial charge in [0, 0.05) is 18.4 Å². The summed E-state index contributed by atoms with van der Waals surface area (Å²) in [5.74, 6) is 0. The topological polar surface area (TPSA) is 21.1 Å². The number of nitrogens with two attached hydrogens (primary N) is 1. The summed E-state index contributed by atoms with van der Waals surface area (Å²) in [6, 6.07) is 6.12. The molecule has 1 aromatic rings. The highest BCUT2D eigenvalue weighted by molar-refractivity contribution is 5.23. The minimum atomic E-state index is -4.24. The van der Waals surface area contributed by atoms with Gasteiger partial charge < -0.3 is 10.2 Å². The number of hydrogen-bond acceptors (Lipinski definition) is 0. The van der Waals surface area contributed by atoms with Gasteiger partial charge in [-0.15, -0.1) is 0 Å². The van der Waals surface area contributed by atoms with Gasteiger partial charge >= 0.3 is 6.18 Å². The van der Waals surface area contributed by atoms with Crippen LogP contribution in [-0.4, -0.2) is 26.2 Å². The van der Waals surface area contributed by atoms with E-state index in [-0.39, 0.29) is 0 Å². The van der Waals surface area contributed by atoms with E-state index in [0.29, 0.717) is 6.04 Å². The summed E-state index contributed by atoms with van der Waals surface area (Å²) in [5.41, 5.74) is 0.387. The van der Waals surface area contributed by atoms with E-state index < -0.39 is 11.7 Å². The Morgan fingerprint density at radius 1 is 1.16 bits per heavy atom. The molecule has 0 spiro atoms.